The zero-order valence-corrected chi connectivity index (χ0v) is 10.6. The zero-order chi connectivity index (χ0) is 12.1. The van der Waals surface area contributed by atoms with Gasteiger partial charge in [-0.3, -0.25) is 4.90 Å². The third-order valence-electron chi connectivity index (χ3n) is 3.01. The predicted octanol–water partition coefficient (Wildman–Crippen LogP) is 1.91. The Balaban J connectivity index is 2.78. The van der Waals surface area contributed by atoms with Gasteiger partial charge in [-0.25, -0.2) is 0 Å². The molecule has 3 heteroatoms. The van der Waals surface area contributed by atoms with Crippen molar-refractivity contribution < 1.29 is 5.11 Å². The Kier molecular flexibility index (Phi) is 4.77. The van der Waals surface area contributed by atoms with E-state index >= 15 is 0 Å². The van der Waals surface area contributed by atoms with Crippen LogP contribution in [-0.2, 0) is 0 Å². The molecule has 0 fully saturated rings. The van der Waals surface area contributed by atoms with Crippen LogP contribution in [0, 0.1) is 6.92 Å². The molecule has 0 saturated heterocycles. The van der Waals surface area contributed by atoms with Crippen molar-refractivity contribution in [1.29, 1.82) is 0 Å². The topological polar surface area (TPSA) is 35.5 Å². The second-order valence-electron chi connectivity index (χ2n) is 4.32. The standard InChI is InChI=1S/C13H22N2O/c1-10-5-6-13(16)12(9-10)11(2)15(4)8-7-14-3/h5-6,9,11,14,16H,7-8H2,1-4H3. The molecule has 0 amide bonds. The summed E-state index contributed by atoms with van der Waals surface area (Å²) in [5.74, 6) is 0.384. The van der Waals surface area contributed by atoms with Crippen LogP contribution in [0.1, 0.15) is 24.1 Å². The van der Waals surface area contributed by atoms with E-state index in [1.54, 1.807) is 6.07 Å². The molecular formula is C13H22N2O. The smallest absolute Gasteiger partial charge is 0.120 e. The molecule has 0 aromatic heterocycles. The second kappa shape index (κ2) is 5.87. The lowest BCUT2D eigenvalue weighted by Gasteiger charge is -2.25. The number of benzene rings is 1. The van der Waals surface area contributed by atoms with E-state index in [1.165, 1.54) is 5.56 Å². The first-order valence-corrected chi connectivity index (χ1v) is 5.70. The Morgan fingerprint density at radius 1 is 1.44 bits per heavy atom. The van der Waals surface area contributed by atoms with Gasteiger partial charge in [0.05, 0.1) is 0 Å². The van der Waals surface area contributed by atoms with Crippen LogP contribution in [0.4, 0.5) is 0 Å². The Bertz CT molecular complexity index is 339. The van der Waals surface area contributed by atoms with Crippen molar-refractivity contribution in [1.82, 2.24) is 10.2 Å². The Labute approximate surface area is 98.1 Å². The molecule has 0 aliphatic rings. The van der Waals surface area contributed by atoms with Crippen molar-refractivity contribution in [3.05, 3.63) is 29.3 Å². The molecular weight excluding hydrogens is 200 g/mol. The molecule has 1 aromatic rings. The van der Waals surface area contributed by atoms with Gasteiger partial charge in [-0.05, 0) is 34.0 Å². The van der Waals surface area contributed by atoms with Crippen molar-refractivity contribution >= 4 is 0 Å². The summed E-state index contributed by atoms with van der Waals surface area (Å²) in [7, 11) is 4.02. The van der Waals surface area contributed by atoms with E-state index in [-0.39, 0.29) is 6.04 Å². The highest BCUT2D eigenvalue weighted by Gasteiger charge is 2.14. The average Bonchev–Trinajstić information content (AvgIpc) is 2.28. The molecule has 0 radical (unpaired) electrons. The van der Waals surface area contributed by atoms with Crippen molar-refractivity contribution in [2.45, 2.75) is 19.9 Å². The molecule has 1 aromatic carbocycles. The molecule has 16 heavy (non-hydrogen) atoms. The summed E-state index contributed by atoms with van der Waals surface area (Å²) >= 11 is 0. The van der Waals surface area contributed by atoms with E-state index in [0.29, 0.717) is 5.75 Å². The van der Waals surface area contributed by atoms with E-state index in [4.69, 9.17) is 0 Å². The highest BCUT2D eigenvalue weighted by Crippen LogP contribution is 2.28. The Hall–Kier alpha value is -1.06. The maximum Gasteiger partial charge on any atom is 0.120 e. The monoisotopic (exact) mass is 222 g/mol. The first kappa shape index (κ1) is 13.0. The molecule has 0 spiro atoms. The van der Waals surface area contributed by atoms with Gasteiger partial charge >= 0.3 is 0 Å². The molecule has 2 N–H and O–H groups in total. The number of hydrogen-bond donors (Lipinski definition) is 2. The first-order chi connectivity index (χ1) is 7.56. The van der Waals surface area contributed by atoms with Crippen molar-refractivity contribution in [2.24, 2.45) is 0 Å². The fraction of sp³-hybridized carbons (Fsp3) is 0.538. The maximum atomic E-state index is 9.84. The van der Waals surface area contributed by atoms with E-state index in [2.05, 4.69) is 30.3 Å². The fourth-order valence-corrected chi connectivity index (χ4v) is 1.73. The van der Waals surface area contributed by atoms with Gasteiger partial charge in [0, 0.05) is 24.7 Å². The van der Waals surface area contributed by atoms with Crippen LogP contribution in [-0.4, -0.2) is 37.2 Å². The first-order valence-electron chi connectivity index (χ1n) is 5.70. The summed E-state index contributed by atoms with van der Waals surface area (Å²) in [5.41, 5.74) is 2.18. The number of phenolic OH excluding ortho intramolecular Hbond substituents is 1. The lowest BCUT2D eigenvalue weighted by Crippen LogP contribution is -2.29. The highest BCUT2D eigenvalue weighted by molar-refractivity contribution is 5.37. The molecule has 1 rings (SSSR count). The number of hydrogen-bond acceptors (Lipinski definition) is 3. The van der Waals surface area contributed by atoms with Crippen LogP contribution in [0.25, 0.3) is 0 Å². The number of phenols is 1. The van der Waals surface area contributed by atoms with Gasteiger partial charge in [-0.2, -0.15) is 0 Å². The summed E-state index contributed by atoms with van der Waals surface area (Å²) < 4.78 is 0. The van der Waals surface area contributed by atoms with E-state index in [1.807, 2.05) is 20.0 Å². The van der Waals surface area contributed by atoms with Crippen molar-refractivity contribution in [3.63, 3.8) is 0 Å². The molecule has 1 atom stereocenters. The minimum absolute atomic E-state index is 0.230. The second-order valence-corrected chi connectivity index (χ2v) is 4.32. The van der Waals surface area contributed by atoms with Gasteiger partial charge in [0.25, 0.3) is 0 Å². The normalized spacial score (nSPS) is 13.1. The Morgan fingerprint density at radius 3 is 2.75 bits per heavy atom. The summed E-state index contributed by atoms with van der Waals surface area (Å²) in [6, 6.07) is 5.98. The predicted molar refractivity (Wildman–Crippen MR) is 67.8 cm³/mol. The fourth-order valence-electron chi connectivity index (χ4n) is 1.73. The van der Waals surface area contributed by atoms with Gasteiger partial charge in [0.2, 0.25) is 0 Å². The van der Waals surface area contributed by atoms with E-state index in [0.717, 1.165) is 18.7 Å². The average molecular weight is 222 g/mol. The minimum Gasteiger partial charge on any atom is -0.508 e. The maximum absolute atomic E-state index is 9.84. The highest BCUT2D eigenvalue weighted by atomic mass is 16.3. The minimum atomic E-state index is 0.230. The lowest BCUT2D eigenvalue weighted by atomic mass is 10.0. The van der Waals surface area contributed by atoms with Gasteiger partial charge in [-0.15, -0.1) is 0 Å². The number of rotatable bonds is 5. The summed E-state index contributed by atoms with van der Waals surface area (Å²) in [6.07, 6.45) is 0. The number of aryl methyl sites for hydroxylation is 1. The molecule has 0 bridgehead atoms. The number of nitrogens with zero attached hydrogens (tertiary/aromatic N) is 1. The van der Waals surface area contributed by atoms with Crippen LogP contribution >= 0.6 is 0 Å². The molecule has 0 aliphatic heterocycles. The number of nitrogens with one attached hydrogen (secondary N) is 1. The molecule has 0 heterocycles. The summed E-state index contributed by atoms with van der Waals surface area (Å²) in [5, 5.41) is 13.0. The summed E-state index contributed by atoms with van der Waals surface area (Å²) in [6.45, 7) is 6.08. The van der Waals surface area contributed by atoms with Crippen LogP contribution in [0.15, 0.2) is 18.2 Å². The van der Waals surface area contributed by atoms with Crippen molar-refractivity contribution in [3.8, 4) is 5.75 Å². The molecule has 3 nitrogen and oxygen atoms in total. The molecule has 0 aliphatic carbocycles. The molecule has 90 valence electrons. The van der Waals surface area contributed by atoms with E-state index in [9.17, 15) is 5.11 Å². The SMILES string of the molecule is CNCCN(C)C(C)c1cc(C)ccc1O. The van der Waals surface area contributed by atoms with Crippen molar-refractivity contribution in [2.75, 3.05) is 27.2 Å². The van der Waals surface area contributed by atoms with Gasteiger partial charge in [0.15, 0.2) is 0 Å². The van der Waals surface area contributed by atoms with E-state index < -0.39 is 0 Å². The van der Waals surface area contributed by atoms with Crippen LogP contribution in [0.3, 0.4) is 0 Å². The van der Waals surface area contributed by atoms with Crippen LogP contribution in [0.2, 0.25) is 0 Å². The largest absolute Gasteiger partial charge is 0.508 e. The Morgan fingerprint density at radius 2 is 2.12 bits per heavy atom. The zero-order valence-electron chi connectivity index (χ0n) is 10.6. The third kappa shape index (κ3) is 3.22. The van der Waals surface area contributed by atoms with Gasteiger partial charge in [0.1, 0.15) is 5.75 Å². The van der Waals surface area contributed by atoms with Crippen LogP contribution in [0.5, 0.6) is 5.75 Å². The number of aromatic hydroxyl groups is 1. The third-order valence-corrected chi connectivity index (χ3v) is 3.01. The molecule has 1 unspecified atom stereocenters. The van der Waals surface area contributed by atoms with Crippen LogP contribution < -0.4 is 5.32 Å². The van der Waals surface area contributed by atoms with Gasteiger partial charge < -0.3 is 10.4 Å². The molecule has 0 saturated carbocycles. The van der Waals surface area contributed by atoms with Gasteiger partial charge in [-0.1, -0.05) is 17.7 Å². The summed E-state index contributed by atoms with van der Waals surface area (Å²) in [4.78, 5) is 2.23. The lowest BCUT2D eigenvalue weighted by molar-refractivity contribution is 0.258. The number of likely N-dealkylation sites (N-methyl/N-ethyl adjacent to an activating group) is 2. The quantitative estimate of drug-likeness (QED) is 0.799.